The van der Waals surface area contributed by atoms with Crippen LogP contribution < -0.4 is 0 Å². The number of halogens is 1. The van der Waals surface area contributed by atoms with E-state index in [9.17, 15) is 4.39 Å². The van der Waals surface area contributed by atoms with Gasteiger partial charge in [0, 0.05) is 22.3 Å². The number of aryl methyl sites for hydroxylation is 1. The molecule has 0 aliphatic heterocycles. The summed E-state index contributed by atoms with van der Waals surface area (Å²) in [7, 11) is 0. The van der Waals surface area contributed by atoms with E-state index in [4.69, 9.17) is 0 Å². The SMILES string of the molecule is Cc1ccc(F)cc1-c1cc(S)c[nH]1. The number of aromatic nitrogens is 1. The minimum Gasteiger partial charge on any atom is -0.360 e. The highest BCUT2D eigenvalue weighted by molar-refractivity contribution is 7.80. The van der Waals surface area contributed by atoms with E-state index in [-0.39, 0.29) is 5.82 Å². The lowest BCUT2D eigenvalue weighted by molar-refractivity contribution is 0.628. The van der Waals surface area contributed by atoms with Crippen molar-refractivity contribution in [2.24, 2.45) is 0 Å². The lowest BCUT2D eigenvalue weighted by atomic mass is 10.1. The van der Waals surface area contributed by atoms with Crippen LogP contribution in [0.5, 0.6) is 0 Å². The zero-order chi connectivity index (χ0) is 10.1. The number of hydrogen-bond acceptors (Lipinski definition) is 1. The lowest BCUT2D eigenvalue weighted by Gasteiger charge is -2.02. The highest BCUT2D eigenvalue weighted by Gasteiger charge is 2.04. The van der Waals surface area contributed by atoms with Gasteiger partial charge in [-0.1, -0.05) is 6.07 Å². The Labute approximate surface area is 87.4 Å². The molecule has 0 radical (unpaired) electrons. The minimum atomic E-state index is -0.221. The Hall–Kier alpha value is -1.22. The maximum atomic E-state index is 13.0. The third-order valence-electron chi connectivity index (χ3n) is 2.16. The van der Waals surface area contributed by atoms with Gasteiger partial charge in [0.1, 0.15) is 5.82 Å². The Balaban J connectivity index is 2.55. The summed E-state index contributed by atoms with van der Waals surface area (Å²) in [5, 5.41) is 0. The van der Waals surface area contributed by atoms with E-state index in [0.717, 1.165) is 21.7 Å². The molecule has 72 valence electrons. The summed E-state index contributed by atoms with van der Waals surface area (Å²) in [4.78, 5) is 3.90. The van der Waals surface area contributed by atoms with Crippen LogP contribution in [0, 0.1) is 12.7 Å². The first kappa shape index (κ1) is 9.34. The van der Waals surface area contributed by atoms with Gasteiger partial charge in [-0.15, -0.1) is 12.6 Å². The second kappa shape index (κ2) is 3.50. The first-order valence-electron chi connectivity index (χ1n) is 4.31. The summed E-state index contributed by atoms with van der Waals surface area (Å²) in [6.07, 6.45) is 1.78. The van der Waals surface area contributed by atoms with Crippen LogP contribution in [0.4, 0.5) is 4.39 Å². The molecule has 0 bridgehead atoms. The molecule has 2 rings (SSSR count). The van der Waals surface area contributed by atoms with E-state index in [0.29, 0.717) is 0 Å². The fourth-order valence-electron chi connectivity index (χ4n) is 1.42. The van der Waals surface area contributed by atoms with Crippen molar-refractivity contribution < 1.29 is 4.39 Å². The van der Waals surface area contributed by atoms with Crippen LogP contribution in [0.1, 0.15) is 5.56 Å². The van der Waals surface area contributed by atoms with E-state index >= 15 is 0 Å². The van der Waals surface area contributed by atoms with E-state index in [1.54, 1.807) is 12.3 Å². The first-order chi connectivity index (χ1) is 6.66. The number of hydrogen-bond donors (Lipinski definition) is 2. The highest BCUT2D eigenvalue weighted by atomic mass is 32.1. The Morgan fingerprint density at radius 1 is 1.29 bits per heavy atom. The third kappa shape index (κ3) is 1.68. The maximum absolute atomic E-state index is 13.0. The van der Waals surface area contributed by atoms with Crippen LogP contribution in [0.15, 0.2) is 35.4 Å². The topological polar surface area (TPSA) is 15.8 Å². The standard InChI is InChI=1S/C11H10FNS/c1-7-2-3-8(12)4-10(7)11-5-9(14)6-13-11/h2-6,13-14H,1H3. The van der Waals surface area contributed by atoms with Gasteiger partial charge in [-0.3, -0.25) is 0 Å². The molecule has 0 spiro atoms. The van der Waals surface area contributed by atoms with Crippen molar-refractivity contribution in [3.63, 3.8) is 0 Å². The second-order valence-electron chi connectivity index (χ2n) is 3.23. The molecule has 0 fully saturated rings. The minimum absolute atomic E-state index is 0.221. The fourth-order valence-corrected chi connectivity index (χ4v) is 1.62. The van der Waals surface area contributed by atoms with Crippen molar-refractivity contribution in [1.29, 1.82) is 0 Å². The third-order valence-corrected chi connectivity index (χ3v) is 2.42. The van der Waals surface area contributed by atoms with E-state index in [1.807, 2.05) is 13.0 Å². The summed E-state index contributed by atoms with van der Waals surface area (Å²) < 4.78 is 13.0. The van der Waals surface area contributed by atoms with Crippen molar-refractivity contribution >= 4 is 12.6 Å². The second-order valence-corrected chi connectivity index (χ2v) is 3.75. The predicted molar refractivity (Wildman–Crippen MR) is 58.2 cm³/mol. The Bertz CT molecular complexity index is 462. The molecule has 1 aromatic carbocycles. The van der Waals surface area contributed by atoms with Crippen molar-refractivity contribution in [2.45, 2.75) is 11.8 Å². The number of benzene rings is 1. The summed E-state index contributed by atoms with van der Waals surface area (Å²) in [6, 6.07) is 6.63. The molecule has 0 saturated heterocycles. The maximum Gasteiger partial charge on any atom is 0.123 e. The van der Waals surface area contributed by atoms with Gasteiger partial charge in [-0.25, -0.2) is 4.39 Å². The number of rotatable bonds is 1. The largest absolute Gasteiger partial charge is 0.360 e. The van der Waals surface area contributed by atoms with Crippen molar-refractivity contribution in [3.05, 3.63) is 41.8 Å². The van der Waals surface area contributed by atoms with Gasteiger partial charge in [-0.2, -0.15) is 0 Å². The summed E-state index contributed by atoms with van der Waals surface area (Å²) in [6.45, 7) is 1.95. The van der Waals surface area contributed by atoms with Gasteiger partial charge in [0.25, 0.3) is 0 Å². The van der Waals surface area contributed by atoms with Crippen LogP contribution in [-0.4, -0.2) is 4.98 Å². The quantitative estimate of drug-likeness (QED) is 0.666. The van der Waals surface area contributed by atoms with Crippen molar-refractivity contribution in [2.75, 3.05) is 0 Å². The van der Waals surface area contributed by atoms with Crippen molar-refractivity contribution in [1.82, 2.24) is 4.98 Å². The van der Waals surface area contributed by atoms with Gasteiger partial charge in [0.15, 0.2) is 0 Å². The highest BCUT2D eigenvalue weighted by Crippen LogP contribution is 2.24. The average molecular weight is 207 g/mol. The molecule has 0 aliphatic carbocycles. The fraction of sp³-hybridized carbons (Fsp3) is 0.0909. The Morgan fingerprint density at radius 3 is 2.71 bits per heavy atom. The molecule has 0 aliphatic rings. The molecule has 1 aromatic heterocycles. The Kier molecular flexibility index (Phi) is 2.33. The number of H-pyrrole nitrogens is 1. The summed E-state index contributed by atoms with van der Waals surface area (Å²) in [5.41, 5.74) is 2.82. The molecule has 1 N–H and O–H groups in total. The summed E-state index contributed by atoms with van der Waals surface area (Å²) in [5.74, 6) is -0.221. The van der Waals surface area contributed by atoms with E-state index in [1.165, 1.54) is 12.1 Å². The van der Waals surface area contributed by atoms with Gasteiger partial charge in [-0.05, 0) is 30.7 Å². The smallest absolute Gasteiger partial charge is 0.123 e. The van der Waals surface area contributed by atoms with Gasteiger partial charge >= 0.3 is 0 Å². The van der Waals surface area contributed by atoms with E-state index < -0.39 is 0 Å². The molecule has 14 heavy (non-hydrogen) atoms. The molecule has 2 aromatic rings. The number of thiol groups is 1. The molecule has 1 heterocycles. The number of aromatic amines is 1. The van der Waals surface area contributed by atoms with Gasteiger partial charge in [0.05, 0.1) is 0 Å². The normalized spacial score (nSPS) is 10.5. The molecular formula is C11H10FNS. The lowest BCUT2D eigenvalue weighted by Crippen LogP contribution is -1.84. The molecule has 0 atom stereocenters. The molecule has 0 unspecified atom stereocenters. The number of nitrogens with one attached hydrogen (secondary N) is 1. The zero-order valence-electron chi connectivity index (χ0n) is 7.71. The molecule has 1 nitrogen and oxygen atoms in total. The van der Waals surface area contributed by atoms with Gasteiger partial charge < -0.3 is 4.98 Å². The van der Waals surface area contributed by atoms with Crippen LogP contribution in [0.25, 0.3) is 11.3 Å². The van der Waals surface area contributed by atoms with E-state index in [2.05, 4.69) is 17.6 Å². The molecule has 0 saturated carbocycles. The Morgan fingerprint density at radius 2 is 2.07 bits per heavy atom. The summed E-state index contributed by atoms with van der Waals surface area (Å²) >= 11 is 4.19. The van der Waals surface area contributed by atoms with Crippen LogP contribution >= 0.6 is 12.6 Å². The molecule has 3 heteroatoms. The monoisotopic (exact) mass is 207 g/mol. The zero-order valence-corrected chi connectivity index (χ0v) is 8.61. The van der Waals surface area contributed by atoms with Crippen LogP contribution in [0.3, 0.4) is 0 Å². The first-order valence-corrected chi connectivity index (χ1v) is 4.75. The van der Waals surface area contributed by atoms with Crippen LogP contribution in [-0.2, 0) is 0 Å². The van der Waals surface area contributed by atoms with Gasteiger partial charge in [0.2, 0.25) is 0 Å². The van der Waals surface area contributed by atoms with Crippen molar-refractivity contribution in [3.8, 4) is 11.3 Å². The average Bonchev–Trinajstić information content (AvgIpc) is 2.56. The molecular weight excluding hydrogens is 197 g/mol. The van der Waals surface area contributed by atoms with Crippen LogP contribution in [0.2, 0.25) is 0 Å². The predicted octanol–water partition coefficient (Wildman–Crippen LogP) is 3.42. The molecule has 0 amide bonds.